The minimum absolute atomic E-state index is 0.0428. The first-order valence-electron chi connectivity index (χ1n) is 10.1. The van der Waals surface area contributed by atoms with Crippen LogP contribution in [0.15, 0.2) is 83.7 Å². The van der Waals surface area contributed by atoms with Crippen molar-refractivity contribution in [3.05, 3.63) is 128 Å². The molecule has 1 aromatic heterocycles. The third-order valence-electron chi connectivity index (χ3n) is 5.78. The van der Waals surface area contributed by atoms with Crippen molar-refractivity contribution < 1.29 is 9.31 Å². The van der Waals surface area contributed by atoms with Gasteiger partial charge in [0.1, 0.15) is 5.82 Å². The number of fused-ring (bicyclic) bond motifs is 1. The number of non-ortho nitro benzene ring substituents is 1. The summed E-state index contributed by atoms with van der Waals surface area (Å²) in [5.74, 6) is -0.484. The molecule has 0 radical (unpaired) electrons. The van der Waals surface area contributed by atoms with E-state index in [1.54, 1.807) is 24.3 Å². The summed E-state index contributed by atoms with van der Waals surface area (Å²) < 4.78 is 14.9. The molecular weight excluding hydrogens is 409 g/mol. The van der Waals surface area contributed by atoms with E-state index in [1.807, 2.05) is 36.4 Å². The lowest BCUT2D eigenvalue weighted by Crippen LogP contribution is -2.21. The Kier molecular flexibility index (Phi) is 4.78. The molecule has 0 fully saturated rings. The van der Waals surface area contributed by atoms with Crippen LogP contribution in [0, 0.1) is 15.9 Å². The van der Waals surface area contributed by atoms with E-state index in [2.05, 4.69) is 5.10 Å². The molecule has 158 valence electrons. The molecule has 0 saturated carbocycles. The number of H-pyrrole nitrogens is 1. The summed E-state index contributed by atoms with van der Waals surface area (Å²) in [6.45, 7) is 0. The molecule has 5 rings (SSSR count). The number of nitro benzene ring substituents is 1. The molecule has 1 aliphatic carbocycles. The number of aromatic amines is 1. The van der Waals surface area contributed by atoms with Gasteiger partial charge in [0.2, 0.25) is 0 Å². The van der Waals surface area contributed by atoms with Gasteiger partial charge in [0, 0.05) is 18.1 Å². The smallest absolute Gasteiger partial charge is 0.275 e. The molecule has 0 amide bonds. The normalized spacial score (nSPS) is 15.2. The number of nitro groups is 1. The summed E-state index contributed by atoms with van der Waals surface area (Å²) in [4.78, 5) is 23.9. The molecule has 0 aliphatic heterocycles. The van der Waals surface area contributed by atoms with Crippen LogP contribution in [-0.2, 0) is 0 Å². The fraction of sp³-hybridized carbons (Fsp3) is 0.0800. The minimum atomic E-state index is -0.477. The van der Waals surface area contributed by atoms with Crippen molar-refractivity contribution in [3.8, 4) is 5.69 Å². The summed E-state index contributed by atoms with van der Waals surface area (Å²) in [7, 11) is 0. The monoisotopic (exact) mass is 427 g/mol. The molecular formula is C25H18FN3O3. The Bertz CT molecular complexity index is 1390. The molecule has 3 aromatic carbocycles. The van der Waals surface area contributed by atoms with Crippen LogP contribution in [-0.4, -0.2) is 14.7 Å². The number of aromatic nitrogens is 2. The van der Waals surface area contributed by atoms with Crippen molar-refractivity contribution in [3.63, 3.8) is 0 Å². The van der Waals surface area contributed by atoms with Crippen molar-refractivity contribution in [2.24, 2.45) is 0 Å². The Hall–Kier alpha value is -4.26. The third-order valence-corrected chi connectivity index (χ3v) is 5.78. The number of nitrogens with one attached hydrogen (secondary N) is 1. The van der Waals surface area contributed by atoms with Crippen LogP contribution in [0.1, 0.15) is 34.7 Å². The lowest BCUT2D eigenvalue weighted by atomic mass is 9.80. The van der Waals surface area contributed by atoms with Crippen LogP contribution >= 0.6 is 0 Å². The maximum atomic E-state index is 13.4. The van der Waals surface area contributed by atoms with Crippen molar-refractivity contribution >= 4 is 17.3 Å². The molecule has 7 heteroatoms. The topological polar surface area (TPSA) is 80.9 Å². The van der Waals surface area contributed by atoms with Gasteiger partial charge in [-0.1, -0.05) is 42.5 Å². The van der Waals surface area contributed by atoms with E-state index in [0.717, 1.165) is 16.7 Å². The van der Waals surface area contributed by atoms with Crippen molar-refractivity contribution in [1.82, 2.24) is 9.78 Å². The van der Waals surface area contributed by atoms with Gasteiger partial charge in [-0.2, -0.15) is 0 Å². The van der Waals surface area contributed by atoms with Gasteiger partial charge < -0.3 is 0 Å². The summed E-state index contributed by atoms with van der Waals surface area (Å²) >= 11 is 0. The second-order valence-corrected chi connectivity index (χ2v) is 7.70. The van der Waals surface area contributed by atoms with Crippen LogP contribution in [0.3, 0.4) is 0 Å². The fourth-order valence-electron chi connectivity index (χ4n) is 4.21. The molecule has 0 bridgehead atoms. The van der Waals surface area contributed by atoms with E-state index in [9.17, 15) is 19.3 Å². The highest BCUT2D eigenvalue weighted by Crippen LogP contribution is 2.40. The number of hydrogen-bond donors (Lipinski definition) is 1. The highest BCUT2D eigenvalue weighted by atomic mass is 19.1. The lowest BCUT2D eigenvalue weighted by molar-refractivity contribution is -0.384. The highest BCUT2D eigenvalue weighted by molar-refractivity contribution is 5.84. The average Bonchev–Trinajstić information content (AvgIpc) is 3.16. The number of allylic oxidation sites excluding steroid dienone is 1. The largest absolute Gasteiger partial charge is 0.291 e. The standard InChI is InChI=1S/C25H18FN3O3/c26-19-8-6-16(7-9-19)18-14-22(17-4-2-1-3-5-17)24-23(15-18)27-28(25(24)30)20-10-12-21(13-11-20)29(31)32/h1-13,15,22,27H,14H2. The zero-order valence-corrected chi connectivity index (χ0v) is 16.9. The molecule has 1 atom stereocenters. The van der Waals surface area contributed by atoms with E-state index in [-0.39, 0.29) is 23.0 Å². The number of rotatable bonds is 4. The fourth-order valence-corrected chi connectivity index (χ4v) is 4.21. The molecule has 0 saturated heterocycles. The van der Waals surface area contributed by atoms with Crippen LogP contribution in [0.2, 0.25) is 0 Å². The van der Waals surface area contributed by atoms with Gasteiger partial charge in [-0.3, -0.25) is 20.0 Å². The minimum Gasteiger partial charge on any atom is -0.291 e. The SMILES string of the molecule is O=c1c2c([nH]n1-c1ccc([N+](=O)[O-])cc1)C=C(c1ccc(F)cc1)CC2c1ccccc1. The number of halogens is 1. The lowest BCUT2D eigenvalue weighted by Gasteiger charge is -2.23. The van der Waals surface area contributed by atoms with E-state index in [0.29, 0.717) is 23.4 Å². The predicted molar refractivity (Wildman–Crippen MR) is 120 cm³/mol. The third kappa shape index (κ3) is 3.43. The Balaban J connectivity index is 1.66. The summed E-state index contributed by atoms with van der Waals surface area (Å²) in [5, 5.41) is 14.1. The molecule has 1 heterocycles. The molecule has 1 aliphatic rings. The summed E-state index contributed by atoms with van der Waals surface area (Å²) in [6.07, 6.45) is 2.52. The van der Waals surface area contributed by atoms with Gasteiger partial charge in [-0.05, 0) is 53.5 Å². The summed E-state index contributed by atoms with van der Waals surface area (Å²) in [5.41, 5.74) is 4.47. The number of nitrogens with zero attached hydrogens (tertiary/aromatic N) is 2. The van der Waals surface area contributed by atoms with Crippen LogP contribution < -0.4 is 5.56 Å². The van der Waals surface area contributed by atoms with Gasteiger partial charge in [0.15, 0.2) is 0 Å². The Morgan fingerprint density at radius 1 is 0.969 bits per heavy atom. The summed E-state index contributed by atoms with van der Waals surface area (Å²) in [6, 6.07) is 21.9. The van der Waals surface area contributed by atoms with Gasteiger partial charge in [-0.15, -0.1) is 0 Å². The van der Waals surface area contributed by atoms with E-state index in [1.165, 1.54) is 28.9 Å². The van der Waals surface area contributed by atoms with Crippen molar-refractivity contribution in [1.29, 1.82) is 0 Å². The first kappa shape index (κ1) is 19.7. The van der Waals surface area contributed by atoms with E-state index in [4.69, 9.17) is 0 Å². The molecule has 1 N–H and O–H groups in total. The molecule has 1 unspecified atom stereocenters. The van der Waals surface area contributed by atoms with Crippen molar-refractivity contribution in [2.45, 2.75) is 12.3 Å². The van der Waals surface area contributed by atoms with Crippen LogP contribution in [0.4, 0.5) is 10.1 Å². The zero-order chi connectivity index (χ0) is 22.2. The highest BCUT2D eigenvalue weighted by Gasteiger charge is 2.29. The Morgan fingerprint density at radius 3 is 2.31 bits per heavy atom. The quantitative estimate of drug-likeness (QED) is 0.355. The van der Waals surface area contributed by atoms with E-state index >= 15 is 0 Å². The van der Waals surface area contributed by atoms with Crippen molar-refractivity contribution in [2.75, 3.05) is 0 Å². The average molecular weight is 427 g/mol. The number of benzene rings is 3. The van der Waals surface area contributed by atoms with Gasteiger partial charge in [0.05, 0.1) is 21.9 Å². The Morgan fingerprint density at radius 2 is 1.66 bits per heavy atom. The first-order chi connectivity index (χ1) is 15.5. The van der Waals surface area contributed by atoms with Crippen LogP contribution in [0.5, 0.6) is 0 Å². The molecule has 6 nitrogen and oxygen atoms in total. The number of hydrogen-bond acceptors (Lipinski definition) is 3. The Labute approximate surface area is 182 Å². The van der Waals surface area contributed by atoms with Gasteiger partial charge in [-0.25, -0.2) is 9.07 Å². The second-order valence-electron chi connectivity index (χ2n) is 7.70. The zero-order valence-electron chi connectivity index (χ0n) is 16.9. The maximum absolute atomic E-state index is 13.4. The predicted octanol–water partition coefficient (Wildman–Crippen LogP) is 5.29. The molecule has 4 aromatic rings. The van der Waals surface area contributed by atoms with E-state index < -0.39 is 4.92 Å². The first-order valence-corrected chi connectivity index (χ1v) is 10.1. The molecule has 32 heavy (non-hydrogen) atoms. The maximum Gasteiger partial charge on any atom is 0.275 e. The van der Waals surface area contributed by atoms with Gasteiger partial charge in [0.25, 0.3) is 11.2 Å². The van der Waals surface area contributed by atoms with Gasteiger partial charge >= 0.3 is 0 Å². The van der Waals surface area contributed by atoms with Crippen LogP contribution in [0.25, 0.3) is 17.3 Å². The second kappa shape index (κ2) is 7.77. The molecule has 0 spiro atoms.